The number of hydrogen-bond acceptors (Lipinski definition) is 15. The Kier molecular flexibility index (Phi) is 27.2. The number of unbranched alkanes of at least 4 members (excludes halogenated alkanes) is 3. The quantitative estimate of drug-likeness (QED) is 0.0480. The molecule has 0 N–H and O–H groups in total. The molecule has 0 aromatic rings. The van der Waals surface area contributed by atoms with Gasteiger partial charge < -0.3 is 14.2 Å². The minimum Gasteiger partial charge on any atom is -0.464 e. The molecule has 0 spiro atoms. The predicted molar refractivity (Wildman–Crippen MR) is 212 cm³/mol. The molecular formula is C29H48O6S9. The van der Waals surface area contributed by atoms with E-state index in [-0.39, 0.29) is 19.8 Å². The van der Waals surface area contributed by atoms with Gasteiger partial charge in [0.05, 0.1) is 5.41 Å². The summed E-state index contributed by atoms with van der Waals surface area (Å²) in [6.07, 6.45) is 6.41. The zero-order chi connectivity index (χ0) is 33.5. The van der Waals surface area contributed by atoms with Crippen molar-refractivity contribution in [2.75, 3.05) is 37.1 Å². The average Bonchev–Trinajstić information content (AvgIpc) is 2.97. The smallest absolute Gasteiger partial charge is 0.319 e. The Bertz CT molecular complexity index is 806. The van der Waals surface area contributed by atoms with Crippen LogP contribution in [-0.4, -0.2) is 81.3 Å². The van der Waals surface area contributed by atoms with Crippen LogP contribution in [0.1, 0.15) is 87.0 Å². The van der Waals surface area contributed by atoms with Crippen LogP contribution in [0.3, 0.4) is 0 Å². The van der Waals surface area contributed by atoms with Crippen molar-refractivity contribution in [2.24, 2.45) is 5.41 Å². The van der Waals surface area contributed by atoms with E-state index in [0.717, 1.165) is 55.8 Å². The van der Waals surface area contributed by atoms with Gasteiger partial charge in [-0.2, -0.15) is 0 Å². The zero-order valence-corrected chi connectivity index (χ0v) is 34.2. The number of hydrogen-bond donors (Lipinski definition) is 0. The molecule has 15 heteroatoms. The van der Waals surface area contributed by atoms with Crippen molar-refractivity contribution < 1.29 is 28.6 Å². The second-order valence-electron chi connectivity index (χ2n) is 10.3. The van der Waals surface area contributed by atoms with Crippen LogP contribution >= 0.6 is 107 Å². The zero-order valence-electron chi connectivity index (χ0n) is 26.8. The first-order valence-electron chi connectivity index (χ1n) is 14.8. The van der Waals surface area contributed by atoms with Crippen molar-refractivity contribution in [1.82, 2.24) is 0 Å². The molecule has 0 aromatic carbocycles. The molecular weight excluding hydrogens is 733 g/mol. The summed E-state index contributed by atoms with van der Waals surface area (Å²) in [4.78, 5) is 38.5. The number of rotatable bonds is 21. The highest BCUT2D eigenvalue weighted by Gasteiger charge is 2.33. The third kappa shape index (κ3) is 22.4. The fraction of sp³-hybridized carbons (Fsp3) is 0.793. The van der Waals surface area contributed by atoms with Crippen LogP contribution in [0.15, 0.2) is 0 Å². The van der Waals surface area contributed by atoms with Gasteiger partial charge in [0, 0.05) is 0 Å². The van der Waals surface area contributed by atoms with E-state index in [9.17, 15) is 14.4 Å². The molecule has 0 aliphatic carbocycles. The van der Waals surface area contributed by atoms with Crippen LogP contribution < -0.4 is 0 Å². The summed E-state index contributed by atoms with van der Waals surface area (Å²) in [5.41, 5.74) is -0.969. The van der Waals surface area contributed by atoms with Crippen molar-refractivity contribution in [3.63, 3.8) is 0 Å². The van der Waals surface area contributed by atoms with Crippen LogP contribution in [0.25, 0.3) is 0 Å². The van der Waals surface area contributed by atoms with Gasteiger partial charge in [0.25, 0.3) is 0 Å². The van der Waals surface area contributed by atoms with Crippen molar-refractivity contribution >= 4 is 136 Å². The molecule has 0 saturated heterocycles. The van der Waals surface area contributed by atoms with Gasteiger partial charge in [-0.1, -0.05) is 112 Å². The van der Waals surface area contributed by atoms with Crippen molar-refractivity contribution in [2.45, 2.75) is 103 Å². The first-order chi connectivity index (χ1) is 20.8. The Morgan fingerprint density at radius 1 is 0.568 bits per heavy atom. The molecule has 0 amide bonds. The van der Waals surface area contributed by atoms with Crippen molar-refractivity contribution in [3.05, 3.63) is 0 Å². The van der Waals surface area contributed by atoms with Gasteiger partial charge in [0.2, 0.25) is 0 Å². The summed E-state index contributed by atoms with van der Waals surface area (Å²) in [6.45, 7) is 13.0. The SMILES string of the molecule is CCCCSC(=S)SC(C)C(=O)OCC(C)(COC(=O)C(C)SC(=S)SCCCC)COC(=O)C(C)SC(=S)SCCCC. The second-order valence-corrected chi connectivity index (χ2v) is 21.2. The molecule has 6 nitrogen and oxygen atoms in total. The molecule has 0 radical (unpaired) electrons. The first kappa shape index (κ1) is 44.8. The molecule has 3 unspecified atom stereocenters. The molecule has 0 aliphatic rings. The van der Waals surface area contributed by atoms with Gasteiger partial charge in [-0.25, -0.2) is 0 Å². The van der Waals surface area contributed by atoms with Crippen molar-refractivity contribution in [1.29, 1.82) is 0 Å². The Morgan fingerprint density at radius 3 is 1.05 bits per heavy atom. The summed E-state index contributed by atoms with van der Waals surface area (Å²) >= 11 is 24.8. The maximum absolute atomic E-state index is 12.8. The molecule has 0 rings (SSSR count). The third-order valence-electron chi connectivity index (χ3n) is 5.66. The number of ether oxygens (including phenoxy) is 3. The van der Waals surface area contributed by atoms with Crippen LogP contribution in [-0.2, 0) is 28.6 Å². The van der Waals surface area contributed by atoms with E-state index >= 15 is 0 Å². The fourth-order valence-corrected chi connectivity index (χ4v) is 10.9. The van der Waals surface area contributed by atoms with Gasteiger partial charge in [-0.05, 0) is 64.2 Å². The molecule has 254 valence electrons. The summed E-state index contributed by atoms with van der Waals surface area (Å²) < 4.78 is 19.0. The van der Waals surface area contributed by atoms with Gasteiger partial charge in [-0.3, -0.25) is 14.4 Å². The molecule has 0 aromatic heterocycles. The van der Waals surface area contributed by atoms with E-state index in [1.54, 1.807) is 63.0 Å². The molecule has 0 bridgehead atoms. The molecule has 0 fully saturated rings. The molecule has 0 heterocycles. The molecule has 0 saturated carbocycles. The number of carbonyl (C=O) groups is 3. The first-order valence-corrected chi connectivity index (χ1v) is 21.6. The Labute approximate surface area is 307 Å². The van der Waals surface area contributed by atoms with Gasteiger partial charge in [0.15, 0.2) is 0 Å². The largest absolute Gasteiger partial charge is 0.464 e. The third-order valence-corrected chi connectivity index (χ3v) is 13.9. The average molecular weight is 781 g/mol. The highest BCUT2D eigenvalue weighted by Crippen LogP contribution is 2.28. The van der Waals surface area contributed by atoms with E-state index in [2.05, 4.69) is 20.8 Å². The summed E-state index contributed by atoms with van der Waals surface area (Å²) in [5.74, 6) is 1.43. The number of esters is 3. The van der Waals surface area contributed by atoms with E-state index in [0.29, 0.717) is 10.6 Å². The summed E-state index contributed by atoms with van der Waals surface area (Å²) in [7, 11) is 0. The molecule has 3 atom stereocenters. The maximum atomic E-state index is 12.8. The topological polar surface area (TPSA) is 78.9 Å². The van der Waals surface area contributed by atoms with Crippen LogP contribution in [0.4, 0.5) is 0 Å². The van der Waals surface area contributed by atoms with Crippen LogP contribution in [0.2, 0.25) is 0 Å². The van der Waals surface area contributed by atoms with E-state index in [4.69, 9.17) is 50.9 Å². The number of carbonyl (C=O) groups excluding carboxylic acids is 3. The predicted octanol–water partition coefficient (Wildman–Crippen LogP) is 9.44. The Morgan fingerprint density at radius 2 is 0.818 bits per heavy atom. The van der Waals surface area contributed by atoms with Gasteiger partial charge >= 0.3 is 17.9 Å². The Hall–Kier alpha value is 0.780. The van der Waals surface area contributed by atoms with Crippen LogP contribution in [0, 0.1) is 5.41 Å². The fourth-order valence-electron chi connectivity index (χ4n) is 2.79. The second kappa shape index (κ2) is 26.7. The minimum absolute atomic E-state index is 0.105. The highest BCUT2D eigenvalue weighted by molar-refractivity contribution is 8.48. The summed E-state index contributed by atoms with van der Waals surface area (Å²) in [6, 6.07) is 0. The standard InChI is InChI=1S/C29H48O6S9/c1-8-11-14-39-26(36)42-20(4)23(30)33-17-29(7,18-34-24(31)21(5)43-27(37)40-15-12-9-2)19-35-25(32)22(6)44-28(38)41-16-13-10-3/h20-22H,8-19H2,1-7H3. The monoisotopic (exact) mass is 780 g/mol. The lowest BCUT2D eigenvalue weighted by molar-refractivity contribution is -0.159. The van der Waals surface area contributed by atoms with Gasteiger partial charge in [0.1, 0.15) is 46.2 Å². The van der Waals surface area contributed by atoms with E-state index in [1.165, 1.54) is 35.3 Å². The van der Waals surface area contributed by atoms with Crippen molar-refractivity contribution in [3.8, 4) is 0 Å². The lowest BCUT2D eigenvalue weighted by Gasteiger charge is -2.29. The highest BCUT2D eigenvalue weighted by atomic mass is 32.2. The molecule has 0 aliphatic heterocycles. The Balaban J connectivity index is 5.27. The van der Waals surface area contributed by atoms with Gasteiger partial charge in [-0.15, -0.1) is 35.3 Å². The summed E-state index contributed by atoms with van der Waals surface area (Å²) in [5, 5.41) is -1.51. The van der Waals surface area contributed by atoms with E-state index < -0.39 is 39.1 Å². The lowest BCUT2D eigenvalue weighted by atomic mass is 9.94. The number of thiocarbonyl (C=S) groups is 3. The maximum Gasteiger partial charge on any atom is 0.319 e. The molecule has 44 heavy (non-hydrogen) atoms. The van der Waals surface area contributed by atoms with Crippen LogP contribution in [0.5, 0.6) is 0 Å². The lowest BCUT2D eigenvalue weighted by Crippen LogP contribution is -2.39. The minimum atomic E-state index is -0.969. The number of thioether (sulfide) groups is 6. The van der Waals surface area contributed by atoms with E-state index in [1.807, 2.05) is 0 Å². The normalized spacial score (nSPS) is 14.5.